The Labute approximate surface area is 61.2 Å². The number of carbonyl (C=O) groups excluding carboxylic acids is 1. The maximum atomic E-state index is 10.6. The molecule has 1 aliphatic carbocycles. The van der Waals surface area contributed by atoms with Gasteiger partial charge < -0.3 is 9.90 Å². The Hall–Kier alpha value is -0.370. The fourth-order valence-electron chi connectivity index (χ4n) is 1.44. The average molecular weight is 142 g/mol. The molecular weight excluding hydrogens is 128 g/mol. The molecule has 2 nitrogen and oxygen atoms in total. The van der Waals surface area contributed by atoms with Crippen LogP contribution < -0.4 is 0 Å². The largest absolute Gasteiger partial charge is 0.390 e. The molecule has 0 saturated heterocycles. The molecule has 0 heterocycles. The highest BCUT2D eigenvalue weighted by atomic mass is 16.3. The van der Waals surface area contributed by atoms with Crippen molar-refractivity contribution in [2.75, 3.05) is 0 Å². The van der Waals surface area contributed by atoms with Crippen LogP contribution in [0.15, 0.2) is 0 Å². The summed E-state index contributed by atoms with van der Waals surface area (Å²) in [5, 5.41) is 9.47. The first-order chi connectivity index (χ1) is 4.52. The van der Waals surface area contributed by atoms with Gasteiger partial charge in [0.2, 0.25) is 0 Å². The van der Waals surface area contributed by atoms with Crippen molar-refractivity contribution in [3.8, 4) is 0 Å². The van der Waals surface area contributed by atoms with Crippen LogP contribution in [0.1, 0.15) is 33.1 Å². The second kappa shape index (κ2) is 2.35. The lowest BCUT2D eigenvalue weighted by molar-refractivity contribution is -0.126. The van der Waals surface area contributed by atoms with Gasteiger partial charge in [-0.15, -0.1) is 0 Å². The minimum Gasteiger partial charge on any atom is -0.390 e. The smallest absolute Gasteiger partial charge is 0.130 e. The number of Topliss-reactive ketones (excluding diaryl/α,β-unsaturated/α-hetero) is 1. The zero-order valence-electron chi connectivity index (χ0n) is 6.55. The molecule has 0 aromatic rings. The van der Waals surface area contributed by atoms with Gasteiger partial charge in [0.15, 0.2) is 0 Å². The van der Waals surface area contributed by atoms with Crippen LogP contribution in [-0.4, -0.2) is 16.5 Å². The molecule has 0 spiro atoms. The molecule has 2 atom stereocenters. The highest BCUT2D eigenvalue weighted by molar-refractivity contribution is 5.76. The van der Waals surface area contributed by atoms with Crippen LogP contribution in [0.3, 0.4) is 0 Å². The number of rotatable bonds is 2. The Balaban J connectivity index is 2.37. The van der Waals surface area contributed by atoms with Crippen molar-refractivity contribution in [3.63, 3.8) is 0 Å². The molecule has 2 unspecified atom stereocenters. The van der Waals surface area contributed by atoms with Gasteiger partial charge in [-0.25, -0.2) is 0 Å². The number of hydrogen-bond acceptors (Lipinski definition) is 2. The van der Waals surface area contributed by atoms with Gasteiger partial charge in [0.05, 0.1) is 5.60 Å². The summed E-state index contributed by atoms with van der Waals surface area (Å²) in [4.78, 5) is 10.6. The first kappa shape index (κ1) is 7.73. The number of ketones is 1. The van der Waals surface area contributed by atoms with Gasteiger partial charge in [0, 0.05) is 6.42 Å². The minimum absolute atomic E-state index is 0.185. The number of hydrogen-bond donors (Lipinski definition) is 1. The molecule has 0 aromatic carbocycles. The molecule has 0 amide bonds. The van der Waals surface area contributed by atoms with Crippen LogP contribution in [0, 0.1) is 5.92 Å². The Morgan fingerprint density at radius 1 is 1.80 bits per heavy atom. The maximum Gasteiger partial charge on any atom is 0.130 e. The molecule has 0 aliphatic heterocycles. The first-order valence-corrected chi connectivity index (χ1v) is 3.74. The van der Waals surface area contributed by atoms with E-state index in [9.17, 15) is 9.90 Å². The van der Waals surface area contributed by atoms with E-state index in [0.717, 1.165) is 12.8 Å². The minimum atomic E-state index is -0.550. The van der Waals surface area contributed by atoms with Gasteiger partial charge in [-0.3, -0.25) is 0 Å². The zero-order valence-corrected chi connectivity index (χ0v) is 6.55. The summed E-state index contributed by atoms with van der Waals surface area (Å²) in [7, 11) is 0. The highest BCUT2D eigenvalue weighted by Crippen LogP contribution is 2.40. The SMILES string of the molecule is CC(=O)CC1CCC1(C)O. The molecule has 2 heteroatoms. The van der Waals surface area contributed by atoms with E-state index in [1.807, 2.05) is 6.92 Å². The lowest BCUT2D eigenvalue weighted by Gasteiger charge is -2.42. The predicted molar refractivity (Wildman–Crippen MR) is 38.6 cm³/mol. The van der Waals surface area contributed by atoms with Crippen molar-refractivity contribution >= 4 is 5.78 Å². The molecular formula is C8H14O2. The van der Waals surface area contributed by atoms with Crippen molar-refractivity contribution in [1.82, 2.24) is 0 Å². The molecule has 0 bridgehead atoms. The third-order valence-corrected chi connectivity index (χ3v) is 2.41. The van der Waals surface area contributed by atoms with Crippen LogP contribution in [0.2, 0.25) is 0 Å². The van der Waals surface area contributed by atoms with E-state index in [4.69, 9.17) is 0 Å². The molecule has 0 aromatic heterocycles. The van der Waals surface area contributed by atoms with Crippen LogP contribution in [0.5, 0.6) is 0 Å². The topological polar surface area (TPSA) is 37.3 Å². The quantitative estimate of drug-likeness (QED) is 0.627. The normalized spacial score (nSPS) is 38.9. The molecule has 10 heavy (non-hydrogen) atoms. The molecule has 1 rings (SSSR count). The molecule has 1 fully saturated rings. The molecule has 58 valence electrons. The van der Waals surface area contributed by atoms with Crippen molar-refractivity contribution in [2.45, 2.75) is 38.7 Å². The summed E-state index contributed by atoms with van der Waals surface area (Å²) < 4.78 is 0. The van der Waals surface area contributed by atoms with E-state index < -0.39 is 5.60 Å². The van der Waals surface area contributed by atoms with E-state index in [1.54, 1.807) is 6.92 Å². The Kier molecular flexibility index (Phi) is 1.82. The Morgan fingerprint density at radius 3 is 2.50 bits per heavy atom. The van der Waals surface area contributed by atoms with Crippen LogP contribution in [0.4, 0.5) is 0 Å². The van der Waals surface area contributed by atoms with Crippen LogP contribution in [0.25, 0.3) is 0 Å². The van der Waals surface area contributed by atoms with E-state index in [-0.39, 0.29) is 11.7 Å². The molecule has 1 N–H and O–H groups in total. The lowest BCUT2D eigenvalue weighted by Crippen LogP contribution is -2.44. The van der Waals surface area contributed by atoms with Gasteiger partial charge in [-0.2, -0.15) is 0 Å². The Bertz CT molecular complexity index is 149. The molecule has 0 radical (unpaired) electrons. The third-order valence-electron chi connectivity index (χ3n) is 2.41. The summed E-state index contributed by atoms with van der Waals surface area (Å²) in [5.74, 6) is 0.412. The number of carbonyl (C=O) groups is 1. The van der Waals surface area contributed by atoms with Crippen molar-refractivity contribution < 1.29 is 9.90 Å². The fraction of sp³-hybridized carbons (Fsp3) is 0.875. The first-order valence-electron chi connectivity index (χ1n) is 3.74. The van der Waals surface area contributed by atoms with Gasteiger partial charge in [0.25, 0.3) is 0 Å². The van der Waals surface area contributed by atoms with Crippen molar-refractivity contribution in [3.05, 3.63) is 0 Å². The third kappa shape index (κ3) is 1.37. The van der Waals surface area contributed by atoms with Gasteiger partial charge >= 0.3 is 0 Å². The van der Waals surface area contributed by atoms with Crippen molar-refractivity contribution in [2.24, 2.45) is 5.92 Å². The standard InChI is InChI=1S/C8H14O2/c1-6(9)5-7-3-4-8(7,2)10/h7,10H,3-5H2,1-2H3. The Morgan fingerprint density at radius 2 is 2.40 bits per heavy atom. The van der Waals surface area contributed by atoms with E-state index >= 15 is 0 Å². The second-order valence-corrected chi connectivity index (χ2v) is 3.50. The average Bonchev–Trinajstić information content (AvgIpc) is 1.81. The summed E-state index contributed by atoms with van der Waals surface area (Å²) in [6, 6.07) is 0. The van der Waals surface area contributed by atoms with Gasteiger partial charge in [0.1, 0.15) is 5.78 Å². The molecule has 1 saturated carbocycles. The summed E-state index contributed by atoms with van der Waals surface area (Å²) >= 11 is 0. The maximum absolute atomic E-state index is 10.6. The predicted octanol–water partition coefficient (Wildman–Crippen LogP) is 1.13. The highest BCUT2D eigenvalue weighted by Gasteiger charge is 2.40. The lowest BCUT2D eigenvalue weighted by atomic mass is 9.68. The van der Waals surface area contributed by atoms with E-state index in [1.165, 1.54) is 0 Å². The monoisotopic (exact) mass is 142 g/mol. The number of aliphatic hydroxyl groups is 1. The van der Waals surface area contributed by atoms with Crippen LogP contribution in [-0.2, 0) is 4.79 Å². The second-order valence-electron chi connectivity index (χ2n) is 3.50. The van der Waals surface area contributed by atoms with Crippen LogP contribution >= 0.6 is 0 Å². The van der Waals surface area contributed by atoms with Gasteiger partial charge in [-0.05, 0) is 32.6 Å². The van der Waals surface area contributed by atoms with E-state index in [2.05, 4.69) is 0 Å². The van der Waals surface area contributed by atoms with E-state index in [0.29, 0.717) is 6.42 Å². The summed E-state index contributed by atoms with van der Waals surface area (Å²) in [6.07, 6.45) is 2.41. The zero-order chi connectivity index (χ0) is 7.78. The fourth-order valence-corrected chi connectivity index (χ4v) is 1.44. The van der Waals surface area contributed by atoms with Crippen molar-refractivity contribution in [1.29, 1.82) is 0 Å². The summed E-state index contributed by atoms with van der Waals surface area (Å²) in [5.41, 5.74) is -0.550. The molecule has 1 aliphatic rings. The van der Waals surface area contributed by atoms with Gasteiger partial charge in [-0.1, -0.05) is 0 Å². The summed E-state index contributed by atoms with van der Waals surface area (Å²) in [6.45, 7) is 3.39.